The maximum Gasteiger partial charge on any atom is 0.272 e. The Morgan fingerprint density at radius 3 is 2.95 bits per heavy atom. The van der Waals surface area contributed by atoms with Gasteiger partial charge in [0, 0.05) is 28.9 Å². The Bertz CT molecular complexity index is 807. The fourth-order valence-corrected chi connectivity index (χ4v) is 2.69. The van der Waals surface area contributed by atoms with Gasteiger partial charge < -0.3 is 15.0 Å². The molecule has 3 aromatic rings. The van der Waals surface area contributed by atoms with E-state index in [1.807, 2.05) is 30.5 Å². The van der Waals surface area contributed by atoms with Crippen LogP contribution in [-0.2, 0) is 0 Å². The number of carbonyl (C=O) groups is 1. The molecule has 0 spiro atoms. The van der Waals surface area contributed by atoms with Crippen LogP contribution in [0, 0.1) is 6.92 Å². The number of aromatic nitrogens is 2. The summed E-state index contributed by atoms with van der Waals surface area (Å²) < 4.78 is 5.14. The summed E-state index contributed by atoms with van der Waals surface area (Å²) in [6.45, 7) is 1.96. The topological polar surface area (TPSA) is 67.0 Å². The Balaban J connectivity index is 1.76. The van der Waals surface area contributed by atoms with Crippen LogP contribution in [0.25, 0.3) is 11.3 Å². The first-order valence-electron chi connectivity index (χ1n) is 6.72. The Labute approximate surface area is 132 Å². The molecule has 0 radical (unpaired) electrons. The van der Waals surface area contributed by atoms with Gasteiger partial charge in [0.15, 0.2) is 0 Å². The second-order valence-electron chi connectivity index (χ2n) is 4.74. The summed E-state index contributed by atoms with van der Waals surface area (Å²) in [5, 5.41) is 5.81. The SMILES string of the molecule is COc1cccc(NC(=O)c2cc(-c3csc(C)n3)c[nH]2)c1. The van der Waals surface area contributed by atoms with Gasteiger partial charge in [-0.25, -0.2) is 4.98 Å². The number of nitrogens with one attached hydrogen (secondary N) is 2. The fraction of sp³-hybridized carbons (Fsp3) is 0.125. The van der Waals surface area contributed by atoms with Gasteiger partial charge in [0.05, 0.1) is 17.8 Å². The minimum absolute atomic E-state index is 0.202. The molecule has 112 valence electrons. The zero-order chi connectivity index (χ0) is 15.5. The van der Waals surface area contributed by atoms with Crippen LogP contribution in [-0.4, -0.2) is 23.0 Å². The molecule has 0 atom stereocenters. The third-order valence-corrected chi connectivity index (χ3v) is 3.94. The molecule has 3 rings (SSSR count). The van der Waals surface area contributed by atoms with Crippen LogP contribution in [0.4, 0.5) is 5.69 Å². The van der Waals surface area contributed by atoms with Gasteiger partial charge in [-0.05, 0) is 25.1 Å². The van der Waals surface area contributed by atoms with Gasteiger partial charge in [0.25, 0.3) is 5.91 Å². The summed E-state index contributed by atoms with van der Waals surface area (Å²) in [5.74, 6) is 0.495. The zero-order valence-corrected chi connectivity index (χ0v) is 13.0. The van der Waals surface area contributed by atoms with Gasteiger partial charge in [-0.15, -0.1) is 11.3 Å². The number of amides is 1. The normalized spacial score (nSPS) is 10.5. The standard InChI is InChI=1S/C16H15N3O2S/c1-10-18-15(9-22-10)11-6-14(17-8-11)16(20)19-12-4-3-5-13(7-12)21-2/h3-9,17H,1-2H3,(H,19,20). The quantitative estimate of drug-likeness (QED) is 0.771. The summed E-state index contributed by atoms with van der Waals surface area (Å²) in [4.78, 5) is 19.7. The Hall–Kier alpha value is -2.60. The molecule has 0 bridgehead atoms. The summed E-state index contributed by atoms with van der Waals surface area (Å²) in [7, 11) is 1.59. The first-order chi connectivity index (χ1) is 10.7. The van der Waals surface area contributed by atoms with Crippen molar-refractivity contribution in [1.29, 1.82) is 0 Å². The minimum Gasteiger partial charge on any atom is -0.497 e. The molecule has 1 amide bonds. The summed E-state index contributed by atoms with van der Waals surface area (Å²) in [6.07, 6.45) is 1.79. The summed E-state index contributed by atoms with van der Waals surface area (Å²) in [6, 6.07) is 9.03. The van der Waals surface area contributed by atoms with Crippen molar-refractivity contribution in [2.75, 3.05) is 12.4 Å². The van der Waals surface area contributed by atoms with Gasteiger partial charge in [-0.2, -0.15) is 0 Å². The van der Waals surface area contributed by atoms with E-state index in [0.717, 1.165) is 16.3 Å². The van der Waals surface area contributed by atoms with Gasteiger partial charge in [0.1, 0.15) is 11.4 Å². The van der Waals surface area contributed by atoms with E-state index >= 15 is 0 Å². The van der Waals surface area contributed by atoms with Crippen molar-refractivity contribution in [3.8, 4) is 17.0 Å². The Morgan fingerprint density at radius 2 is 2.23 bits per heavy atom. The number of aryl methyl sites for hydroxylation is 1. The highest BCUT2D eigenvalue weighted by Crippen LogP contribution is 2.23. The highest BCUT2D eigenvalue weighted by molar-refractivity contribution is 7.09. The number of aromatic amines is 1. The van der Waals surface area contributed by atoms with Crippen LogP contribution < -0.4 is 10.1 Å². The van der Waals surface area contributed by atoms with Crippen molar-refractivity contribution < 1.29 is 9.53 Å². The zero-order valence-electron chi connectivity index (χ0n) is 12.2. The van der Waals surface area contributed by atoms with E-state index in [1.165, 1.54) is 0 Å². The molecule has 2 aromatic heterocycles. The molecular formula is C16H15N3O2S. The number of anilines is 1. The molecule has 0 saturated heterocycles. The number of rotatable bonds is 4. The number of H-pyrrole nitrogens is 1. The van der Waals surface area contributed by atoms with Gasteiger partial charge in [0.2, 0.25) is 0 Å². The lowest BCUT2D eigenvalue weighted by atomic mass is 10.2. The smallest absolute Gasteiger partial charge is 0.272 e. The molecule has 0 aliphatic carbocycles. The molecule has 5 nitrogen and oxygen atoms in total. The van der Waals surface area contributed by atoms with Crippen molar-refractivity contribution in [3.63, 3.8) is 0 Å². The molecule has 0 aliphatic heterocycles. The molecule has 0 fully saturated rings. The molecule has 0 aliphatic rings. The Morgan fingerprint density at radius 1 is 1.36 bits per heavy atom. The van der Waals surface area contributed by atoms with E-state index in [9.17, 15) is 4.79 Å². The monoisotopic (exact) mass is 313 g/mol. The molecule has 22 heavy (non-hydrogen) atoms. The third kappa shape index (κ3) is 3.01. The molecule has 0 unspecified atom stereocenters. The lowest BCUT2D eigenvalue weighted by molar-refractivity contribution is 0.102. The van der Waals surface area contributed by atoms with Crippen molar-refractivity contribution in [2.45, 2.75) is 6.92 Å². The average molecular weight is 313 g/mol. The molecule has 2 heterocycles. The molecular weight excluding hydrogens is 298 g/mol. The highest BCUT2D eigenvalue weighted by atomic mass is 32.1. The van der Waals surface area contributed by atoms with Crippen LogP contribution in [0.2, 0.25) is 0 Å². The lowest BCUT2D eigenvalue weighted by Gasteiger charge is -2.05. The Kier molecular flexibility index (Phi) is 3.93. The van der Waals surface area contributed by atoms with E-state index in [1.54, 1.807) is 36.8 Å². The minimum atomic E-state index is -0.202. The summed E-state index contributed by atoms with van der Waals surface area (Å²) >= 11 is 1.58. The number of hydrogen-bond acceptors (Lipinski definition) is 4. The van der Waals surface area contributed by atoms with Crippen molar-refractivity contribution in [3.05, 3.63) is 52.6 Å². The summed E-state index contributed by atoms with van der Waals surface area (Å²) in [5.41, 5.74) is 2.95. The highest BCUT2D eigenvalue weighted by Gasteiger charge is 2.11. The van der Waals surface area contributed by atoms with Crippen LogP contribution in [0.1, 0.15) is 15.5 Å². The molecule has 0 saturated carbocycles. The molecule has 2 N–H and O–H groups in total. The first kappa shape index (κ1) is 14.3. The number of thiazole rings is 1. The van der Waals surface area contributed by atoms with E-state index in [2.05, 4.69) is 15.3 Å². The predicted octanol–water partition coefficient (Wildman–Crippen LogP) is 3.71. The number of carbonyl (C=O) groups excluding carboxylic acids is 1. The van der Waals surface area contributed by atoms with Gasteiger partial charge in [-0.1, -0.05) is 6.07 Å². The third-order valence-electron chi connectivity index (χ3n) is 3.17. The van der Waals surface area contributed by atoms with E-state index in [-0.39, 0.29) is 5.91 Å². The number of nitrogens with zero attached hydrogens (tertiary/aromatic N) is 1. The molecule has 6 heteroatoms. The number of ether oxygens (including phenoxy) is 1. The number of methoxy groups -OCH3 is 1. The number of benzene rings is 1. The lowest BCUT2D eigenvalue weighted by Crippen LogP contribution is -2.12. The van der Waals surface area contributed by atoms with Crippen molar-refractivity contribution >= 4 is 22.9 Å². The predicted molar refractivity (Wildman–Crippen MR) is 87.6 cm³/mol. The van der Waals surface area contributed by atoms with Gasteiger partial charge >= 0.3 is 0 Å². The maximum absolute atomic E-state index is 12.3. The van der Waals surface area contributed by atoms with Crippen molar-refractivity contribution in [1.82, 2.24) is 9.97 Å². The van der Waals surface area contributed by atoms with Gasteiger partial charge in [-0.3, -0.25) is 4.79 Å². The molecule has 1 aromatic carbocycles. The maximum atomic E-state index is 12.3. The van der Waals surface area contributed by atoms with Crippen LogP contribution >= 0.6 is 11.3 Å². The average Bonchev–Trinajstić information content (AvgIpc) is 3.16. The van der Waals surface area contributed by atoms with E-state index < -0.39 is 0 Å². The van der Waals surface area contributed by atoms with Crippen LogP contribution in [0.15, 0.2) is 41.9 Å². The second-order valence-corrected chi connectivity index (χ2v) is 5.80. The number of hydrogen-bond donors (Lipinski definition) is 2. The largest absolute Gasteiger partial charge is 0.497 e. The van der Waals surface area contributed by atoms with Crippen LogP contribution in [0.3, 0.4) is 0 Å². The van der Waals surface area contributed by atoms with E-state index in [0.29, 0.717) is 17.1 Å². The van der Waals surface area contributed by atoms with Crippen molar-refractivity contribution in [2.24, 2.45) is 0 Å². The fourth-order valence-electron chi connectivity index (χ4n) is 2.07. The second kappa shape index (κ2) is 6.03. The van der Waals surface area contributed by atoms with Crippen LogP contribution in [0.5, 0.6) is 5.75 Å². The first-order valence-corrected chi connectivity index (χ1v) is 7.60. The van der Waals surface area contributed by atoms with E-state index in [4.69, 9.17) is 4.74 Å².